The van der Waals surface area contributed by atoms with Gasteiger partial charge in [0.2, 0.25) is 16.9 Å². The summed E-state index contributed by atoms with van der Waals surface area (Å²) in [7, 11) is 3.19. The molecular formula is C19H18N6O3S. The first-order valence-corrected chi connectivity index (χ1v) is 9.73. The lowest BCUT2D eigenvalue weighted by molar-refractivity contribution is 0.388. The van der Waals surface area contributed by atoms with Crippen LogP contribution in [-0.2, 0) is 12.3 Å². The van der Waals surface area contributed by atoms with Crippen LogP contribution in [0.2, 0.25) is 0 Å². The van der Waals surface area contributed by atoms with Crippen LogP contribution in [-0.4, -0.2) is 44.6 Å². The van der Waals surface area contributed by atoms with Gasteiger partial charge in [0.15, 0.2) is 0 Å². The van der Waals surface area contributed by atoms with Crippen LogP contribution in [0.3, 0.4) is 0 Å². The molecule has 0 atom stereocenters. The standard InChI is InChI=1S/C19H18N6O3S/c1-26-14-8-9-15(16(10-14)27-2)18-20-17(28-22-18)12-29-19-21-23-24-25(19)11-13-6-4-3-5-7-13/h3-10H,11-12H2,1-2H3. The smallest absolute Gasteiger partial charge is 0.237 e. The normalized spacial score (nSPS) is 10.8. The maximum absolute atomic E-state index is 5.41. The summed E-state index contributed by atoms with van der Waals surface area (Å²) < 4.78 is 17.7. The van der Waals surface area contributed by atoms with Crippen LogP contribution in [0.4, 0.5) is 0 Å². The zero-order chi connectivity index (χ0) is 20.1. The van der Waals surface area contributed by atoms with Crippen molar-refractivity contribution in [2.24, 2.45) is 0 Å². The molecule has 0 radical (unpaired) electrons. The molecular weight excluding hydrogens is 392 g/mol. The number of hydrogen-bond donors (Lipinski definition) is 0. The van der Waals surface area contributed by atoms with E-state index in [0.717, 1.165) is 11.1 Å². The van der Waals surface area contributed by atoms with Gasteiger partial charge in [-0.15, -0.1) is 5.10 Å². The van der Waals surface area contributed by atoms with Crippen LogP contribution < -0.4 is 9.47 Å². The van der Waals surface area contributed by atoms with Gasteiger partial charge in [-0.2, -0.15) is 4.98 Å². The Bertz CT molecular complexity index is 1080. The van der Waals surface area contributed by atoms with Crippen molar-refractivity contribution in [3.8, 4) is 22.9 Å². The molecule has 0 fully saturated rings. The molecule has 0 aliphatic rings. The van der Waals surface area contributed by atoms with Gasteiger partial charge in [-0.1, -0.05) is 47.3 Å². The number of aromatic nitrogens is 6. The highest BCUT2D eigenvalue weighted by Crippen LogP contribution is 2.32. The van der Waals surface area contributed by atoms with E-state index in [0.29, 0.717) is 40.7 Å². The van der Waals surface area contributed by atoms with Gasteiger partial charge >= 0.3 is 0 Å². The molecule has 2 aromatic heterocycles. The van der Waals surface area contributed by atoms with E-state index in [1.54, 1.807) is 25.0 Å². The van der Waals surface area contributed by atoms with Crippen molar-refractivity contribution in [2.45, 2.75) is 17.5 Å². The zero-order valence-corrected chi connectivity index (χ0v) is 16.7. The molecule has 4 rings (SSSR count). The Balaban J connectivity index is 1.45. The average molecular weight is 410 g/mol. The number of rotatable bonds is 8. The molecule has 148 valence electrons. The third-order valence-electron chi connectivity index (χ3n) is 4.12. The minimum Gasteiger partial charge on any atom is -0.497 e. The third kappa shape index (κ3) is 4.37. The van der Waals surface area contributed by atoms with Crippen LogP contribution in [0.25, 0.3) is 11.4 Å². The van der Waals surface area contributed by atoms with Crippen molar-refractivity contribution in [1.29, 1.82) is 0 Å². The Morgan fingerprint density at radius 1 is 1.07 bits per heavy atom. The summed E-state index contributed by atoms with van der Waals surface area (Å²) in [5.41, 5.74) is 1.84. The molecule has 0 bridgehead atoms. The lowest BCUT2D eigenvalue weighted by Gasteiger charge is -2.07. The summed E-state index contributed by atoms with van der Waals surface area (Å²) in [6.07, 6.45) is 0. The van der Waals surface area contributed by atoms with Crippen molar-refractivity contribution < 1.29 is 14.0 Å². The SMILES string of the molecule is COc1ccc(-c2noc(CSc3nnnn3Cc3ccccc3)n2)c(OC)c1. The largest absolute Gasteiger partial charge is 0.497 e. The molecule has 0 spiro atoms. The second-order valence-corrected chi connectivity index (χ2v) is 6.91. The van der Waals surface area contributed by atoms with Crippen molar-refractivity contribution >= 4 is 11.8 Å². The molecule has 0 amide bonds. The number of ether oxygens (including phenoxy) is 2. The van der Waals surface area contributed by atoms with Gasteiger partial charge in [0.25, 0.3) is 0 Å². The van der Waals surface area contributed by atoms with Crippen LogP contribution in [0.15, 0.2) is 58.2 Å². The number of hydrogen-bond acceptors (Lipinski definition) is 9. The molecule has 2 aromatic carbocycles. The number of benzene rings is 2. The molecule has 0 aliphatic carbocycles. The van der Waals surface area contributed by atoms with Crippen molar-refractivity contribution in [3.05, 3.63) is 60.0 Å². The number of thioether (sulfide) groups is 1. The van der Waals surface area contributed by atoms with E-state index < -0.39 is 0 Å². The van der Waals surface area contributed by atoms with Gasteiger partial charge in [-0.3, -0.25) is 0 Å². The first kappa shape index (κ1) is 18.9. The van der Waals surface area contributed by atoms with Crippen molar-refractivity contribution in [3.63, 3.8) is 0 Å². The Kier molecular flexibility index (Phi) is 5.71. The second kappa shape index (κ2) is 8.74. The fourth-order valence-corrected chi connectivity index (χ4v) is 3.40. The van der Waals surface area contributed by atoms with Crippen molar-refractivity contribution in [2.75, 3.05) is 14.2 Å². The molecule has 2 heterocycles. The molecule has 0 unspecified atom stereocenters. The molecule has 0 N–H and O–H groups in total. The maximum Gasteiger partial charge on any atom is 0.237 e. The number of nitrogens with zero attached hydrogens (tertiary/aromatic N) is 6. The monoisotopic (exact) mass is 410 g/mol. The van der Waals surface area contributed by atoms with E-state index in [-0.39, 0.29) is 0 Å². The average Bonchev–Trinajstić information content (AvgIpc) is 3.42. The van der Waals surface area contributed by atoms with E-state index in [1.807, 2.05) is 42.5 Å². The molecule has 4 aromatic rings. The number of tetrazole rings is 1. The van der Waals surface area contributed by atoms with E-state index in [1.165, 1.54) is 11.8 Å². The van der Waals surface area contributed by atoms with Gasteiger partial charge < -0.3 is 14.0 Å². The summed E-state index contributed by atoms with van der Waals surface area (Å²) in [5, 5.41) is 16.6. The maximum atomic E-state index is 5.41. The van der Waals surface area contributed by atoms with Gasteiger partial charge in [-0.05, 0) is 28.1 Å². The highest BCUT2D eigenvalue weighted by molar-refractivity contribution is 7.98. The summed E-state index contributed by atoms with van der Waals surface area (Å²) in [6.45, 7) is 0.592. The van der Waals surface area contributed by atoms with Crippen LogP contribution in [0.5, 0.6) is 11.5 Å². The van der Waals surface area contributed by atoms with Gasteiger partial charge in [0, 0.05) is 6.07 Å². The quantitative estimate of drug-likeness (QED) is 0.406. The van der Waals surface area contributed by atoms with Gasteiger partial charge in [-0.25, -0.2) is 4.68 Å². The van der Waals surface area contributed by atoms with E-state index in [9.17, 15) is 0 Å². The molecule has 0 saturated carbocycles. The van der Waals surface area contributed by atoms with Gasteiger partial charge in [0.05, 0.1) is 32.1 Å². The highest BCUT2D eigenvalue weighted by atomic mass is 32.2. The second-order valence-electron chi connectivity index (χ2n) is 5.97. The minimum atomic E-state index is 0.445. The zero-order valence-electron chi connectivity index (χ0n) is 15.8. The fourth-order valence-electron chi connectivity index (χ4n) is 2.69. The van der Waals surface area contributed by atoms with Crippen molar-refractivity contribution in [1.82, 2.24) is 30.3 Å². The summed E-state index contributed by atoms with van der Waals surface area (Å²) in [4.78, 5) is 4.46. The molecule has 9 nitrogen and oxygen atoms in total. The van der Waals surface area contributed by atoms with Crippen LogP contribution in [0, 0.1) is 0 Å². The van der Waals surface area contributed by atoms with E-state index >= 15 is 0 Å². The molecule has 29 heavy (non-hydrogen) atoms. The minimum absolute atomic E-state index is 0.445. The molecule has 0 aliphatic heterocycles. The predicted octanol–water partition coefficient (Wildman–Crippen LogP) is 3.08. The summed E-state index contributed by atoms with van der Waals surface area (Å²) in [6, 6.07) is 15.4. The summed E-state index contributed by atoms with van der Waals surface area (Å²) >= 11 is 1.43. The van der Waals surface area contributed by atoms with Crippen LogP contribution in [0.1, 0.15) is 11.5 Å². The Morgan fingerprint density at radius 2 is 1.93 bits per heavy atom. The lowest BCUT2D eigenvalue weighted by atomic mass is 10.2. The van der Waals surface area contributed by atoms with E-state index in [4.69, 9.17) is 14.0 Å². The van der Waals surface area contributed by atoms with Gasteiger partial charge in [0.1, 0.15) is 11.5 Å². The van der Waals surface area contributed by atoms with E-state index in [2.05, 4.69) is 25.7 Å². The molecule has 10 heteroatoms. The first-order valence-electron chi connectivity index (χ1n) is 8.74. The van der Waals surface area contributed by atoms with Crippen LogP contribution >= 0.6 is 11.8 Å². The highest BCUT2D eigenvalue weighted by Gasteiger charge is 2.16. The predicted molar refractivity (Wildman–Crippen MR) is 106 cm³/mol. The Labute approximate surface area is 171 Å². The molecule has 0 saturated heterocycles. The topological polar surface area (TPSA) is 101 Å². The number of methoxy groups -OCH3 is 2. The summed E-state index contributed by atoms with van der Waals surface area (Å²) in [5.74, 6) is 2.66. The fraction of sp³-hybridized carbons (Fsp3) is 0.211. The lowest BCUT2D eigenvalue weighted by Crippen LogP contribution is -2.03. The Hall–Kier alpha value is -3.40. The third-order valence-corrected chi connectivity index (χ3v) is 5.06. The Morgan fingerprint density at radius 3 is 2.72 bits per heavy atom. The first-order chi connectivity index (χ1) is 14.3.